The van der Waals surface area contributed by atoms with Crippen molar-refractivity contribution in [1.82, 2.24) is 4.57 Å². The summed E-state index contributed by atoms with van der Waals surface area (Å²) in [6.45, 7) is 1.93. The van der Waals surface area contributed by atoms with Crippen LogP contribution in [0.5, 0.6) is 5.75 Å². The normalized spacial score (nSPS) is 14.9. The van der Waals surface area contributed by atoms with Crippen LogP contribution >= 0.6 is 22.9 Å². The van der Waals surface area contributed by atoms with Gasteiger partial charge in [0.05, 0.1) is 39.5 Å². The van der Waals surface area contributed by atoms with Crippen molar-refractivity contribution >= 4 is 40.7 Å². The standard InChI is InChI=1S/C29H24ClN3O8S/c1-16-25(28(35)40-13-12-38-2)26(19-6-4-5-7-22(19)39-3)32-27(34)24(42-29(32)31-16)15-18-9-11-23(41-18)20-14-17(33(36)37)8-10-21(20)30/h4-11,14-15,26H,12-13H2,1-3H3. The second-order valence-electron chi connectivity index (χ2n) is 9.08. The lowest BCUT2D eigenvalue weighted by molar-refractivity contribution is -0.384. The van der Waals surface area contributed by atoms with Gasteiger partial charge < -0.3 is 18.6 Å². The zero-order valence-corrected chi connectivity index (χ0v) is 24.2. The molecule has 0 saturated heterocycles. The van der Waals surface area contributed by atoms with Crippen LogP contribution < -0.4 is 19.6 Å². The van der Waals surface area contributed by atoms with Gasteiger partial charge in [0, 0.05) is 36.4 Å². The molecule has 0 saturated carbocycles. The van der Waals surface area contributed by atoms with Crippen molar-refractivity contribution in [2.24, 2.45) is 4.99 Å². The highest BCUT2D eigenvalue weighted by Gasteiger charge is 2.35. The molecule has 0 radical (unpaired) electrons. The minimum atomic E-state index is -0.870. The number of hydrogen-bond acceptors (Lipinski definition) is 10. The van der Waals surface area contributed by atoms with Gasteiger partial charge in [0.2, 0.25) is 0 Å². The summed E-state index contributed by atoms with van der Waals surface area (Å²) < 4.78 is 23.7. The molecule has 13 heteroatoms. The van der Waals surface area contributed by atoms with Gasteiger partial charge in [-0.25, -0.2) is 9.79 Å². The molecule has 1 aliphatic heterocycles. The van der Waals surface area contributed by atoms with Crippen LogP contribution in [0.1, 0.15) is 24.3 Å². The minimum Gasteiger partial charge on any atom is -0.496 e. The maximum atomic E-state index is 13.9. The van der Waals surface area contributed by atoms with Crippen LogP contribution in [0, 0.1) is 10.1 Å². The van der Waals surface area contributed by atoms with Gasteiger partial charge in [-0.1, -0.05) is 41.1 Å². The Morgan fingerprint density at radius 3 is 2.71 bits per heavy atom. The number of furan rings is 1. The van der Waals surface area contributed by atoms with Gasteiger partial charge in [0.15, 0.2) is 4.80 Å². The number of hydrogen-bond donors (Lipinski definition) is 0. The molecule has 2 aromatic heterocycles. The first-order valence-corrected chi connectivity index (χ1v) is 13.8. The van der Waals surface area contributed by atoms with Crippen LogP contribution in [0.15, 0.2) is 80.1 Å². The van der Waals surface area contributed by atoms with Crippen molar-refractivity contribution in [1.29, 1.82) is 0 Å². The van der Waals surface area contributed by atoms with E-state index in [4.69, 9.17) is 30.2 Å². The highest BCUT2D eigenvalue weighted by Crippen LogP contribution is 2.36. The number of fused-ring (bicyclic) bond motifs is 1. The molecule has 0 aliphatic carbocycles. The van der Waals surface area contributed by atoms with Gasteiger partial charge in [-0.15, -0.1) is 0 Å². The number of aromatic nitrogens is 1. The van der Waals surface area contributed by atoms with E-state index in [2.05, 4.69) is 4.99 Å². The highest BCUT2D eigenvalue weighted by atomic mass is 35.5. The topological polar surface area (TPSA) is 135 Å². The summed E-state index contributed by atoms with van der Waals surface area (Å²) in [7, 11) is 3.01. The largest absolute Gasteiger partial charge is 0.496 e. The van der Waals surface area contributed by atoms with E-state index >= 15 is 0 Å². The van der Waals surface area contributed by atoms with Crippen molar-refractivity contribution in [3.05, 3.63) is 112 Å². The summed E-state index contributed by atoms with van der Waals surface area (Å²) in [6, 6.07) is 13.5. The number of thiazole rings is 1. The average molecular weight is 610 g/mol. The number of carbonyl (C=O) groups is 1. The van der Waals surface area contributed by atoms with Gasteiger partial charge in [-0.3, -0.25) is 19.5 Å². The smallest absolute Gasteiger partial charge is 0.338 e. The van der Waals surface area contributed by atoms with Crippen molar-refractivity contribution in [2.75, 3.05) is 27.4 Å². The number of carbonyl (C=O) groups excluding carboxylic acids is 1. The number of halogens is 1. The number of methoxy groups -OCH3 is 2. The molecule has 11 nitrogen and oxygen atoms in total. The predicted octanol–water partition coefficient (Wildman–Crippen LogP) is 4.26. The fraction of sp³-hybridized carbons (Fsp3) is 0.207. The van der Waals surface area contributed by atoms with Crippen LogP contribution in [0.4, 0.5) is 5.69 Å². The van der Waals surface area contributed by atoms with Crippen molar-refractivity contribution in [3.8, 4) is 17.1 Å². The second kappa shape index (κ2) is 12.1. The zero-order valence-electron chi connectivity index (χ0n) is 22.7. The Morgan fingerprint density at radius 2 is 1.98 bits per heavy atom. The lowest BCUT2D eigenvalue weighted by Crippen LogP contribution is -2.40. The molecule has 0 N–H and O–H groups in total. The lowest BCUT2D eigenvalue weighted by Gasteiger charge is -2.26. The van der Waals surface area contributed by atoms with Crippen LogP contribution in [0.2, 0.25) is 5.02 Å². The van der Waals surface area contributed by atoms with E-state index in [0.29, 0.717) is 43.4 Å². The molecule has 5 rings (SSSR count). The summed E-state index contributed by atoms with van der Waals surface area (Å²) in [6.07, 6.45) is 1.55. The SMILES string of the molecule is COCCOC(=O)C1=C(C)N=c2sc(=Cc3ccc(-c4cc([N+](=O)[O-])ccc4Cl)o3)c(=O)n2C1c1ccccc1OC. The first-order chi connectivity index (χ1) is 20.2. The number of allylic oxidation sites excluding steroid dienone is 1. The highest BCUT2D eigenvalue weighted by molar-refractivity contribution is 7.07. The monoisotopic (exact) mass is 609 g/mol. The van der Waals surface area contributed by atoms with E-state index in [0.717, 1.165) is 11.3 Å². The fourth-order valence-corrected chi connectivity index (χ4v) is 5.82. The molecule has 0 bridgehead atoms. The van der Waals surface area contributed by atoms with Crippen molar-refractivity contribution in [3.63, 3.8) is 0 Å². The average Bonchev–Trinajstić information content (AvgIpc) is 3.56. The predicted molar refractivity (Wildman–Crippen MR) is 155 cm³/mol. The zero-order chi connectivity index (χ0) is 30.0. The maximum Gasteiger partial charge on any atom is 0.338 e. The molecule has 216 valence electrons. The molecule has 0 spiro atoms. The number of non-ortho nitro benzene ring substituents is 1. The number of nitro benzene ring substituents is 1. The van der Waals surface area contributed by atoms with E-state index < -0.39 is 22.5 Å². The Balaban J connectivity index is 1.62. The van der Waals surface area contributed by atoms with E-state index in [1.165, 1.54) is 37.0 Å². The molecule has 4 aromatic rings. The Kier molecular flexibility index (Phi) is 8.39. The van der Waals surface area contributed by atoms with E-state index in [9.17, 15) is 19.7 Å². The quantitative estimate of drug-likeness (QED) is 0.119. The third kappa shape index (κ3) is 5.51. The maximum absolute atomic E-state index is 13.9. The molecule has 1 aliphatic rings. The first-order valence-electron chi connectivity index (χ1n) is 12.6. The van der Waals surface area contributed by atoms with E-state index in [1.807, 2.05) is 0 Å². The van der Waals surface area contributed by atoms with E-state index in [1.54, 1.807) is 49.4 Å². The van der Waals surface area contributed by atoms with E-state index in [-0.39, 0.29) is 29.5 Å². The van der Waals surface area contributed by atoms with Crippen LogP contribution in [-0.2, 0) is 14.3 Å². The number of nitro groups is 1. The summed E-state index contributed by atoms with van der Waals surface area (Å²) in [5.74, 6) is 0.481. The Morgan fingerprint density at radius 1 is 1.19 bits per heavy atom. The summed E-state index contributed by atoms with van der Waals surface area (Å²) >= 11 is 7.40. The van der Waals surface area contributed by atoms with Gasteiger partial charge >= 0.3 is 5.97 Å². The molecule has 2 aromatic carbocycles. The third-order valence-electron chi connectivity index (χ3n) is 6.52. The summed E-state index contributed by atoms with van der Waals surface area (Å²) in [4.78, 5) is 42.9. The number of nitrogens with zero attached hydrogens (tertiary/aromatic N) is 3. The molecule has 1 atom stereocenters. The molecular formula is C29H24ClN3O8S. The third-order valence-corrected chi connectivity index (χ3v) is 7.83. The Labute approximate surface area is 247 Å². The number of ether oxygens (including phenoxy) is 3. The summed E-state index contributed by atoms with van der Waals surface area (Å²) in [5.41, 5.74) is 0.994. The lowest BCUT2D eigenvalue weighted by atomic mass is 9.95. The van der Waals surface area contributed by atoms with Gasteiger partial charge in [0.1, 0.15) is 29.9 Å². The summed E-state index contributed by atoms with van der Waals surface area (Å²) in [5, 5.41) is 11.5. The number of para-hydroxylation sites is 1. The van der Waals surface area contributed by atoms with Crippen LogP contribution in [0.25, 0.3) is 17.4 Å². The molecule has 0 fully saturated rings. The van der Waals surface area contributed by atoms with Crippen molar-refractivity contribution < 1.29 is 28.3 Å². The number of esters is 1. The van der Waals surface area contributed by atoms with Crippen molar-refractivity contribution in [2.45, 2.75) is 13.0 Å². The molecule has 42 heavy (non-hydrogen) atoms. The van der Waals surface area contributed by atoms with Gasteiger partial charge in [0.25, 0.3) is 11.2 Å². The first kappa shape index (κ1) is 29.0. The van der Waals surface area contributed by atoms with Gasteiger partial charge in [-0.05, 0) is 31.2 Å². The van der Waals surface area contributed by atoms with Crippen LogP contribution in [0.3, 0.4) is 0 Å². The Hall–Kier alpha value is -4.52. The second-order valence-corrected chi connectivity index (χ2v) is 10.5. The van der Waals surface area contributed by atoms with Crippen LogP contribution in [-0.4, -0.2) is 42.9 Å². The van der Waals surface area contributed by atoms with Gasteiger partial charge in [-0.2, -0.15) is 0 Å². The molecule has 1 unspecified atom stereocenters. The Bertz CT molecular complexity index is 1910. The molecule has 3 heterocycles. The minimum absolute atomic E-state index is 0.0323. The fourth-order valence-electron chi connectivity index (χ4n) is 4.58. The molecular weight excluding hydrogens is 586 g/mol. The molecule has 0 amide bonds. The number of benzene rings is 2. The number of rotatable bonds is 9.